The summed E-state index contributed by atoms with van der Waals surface area (Å²) >= 11 is 0. The van der Waals surface area contributed by atoms with E-state index < -0.39 is 11.7 Å². The third kappa shape index (κ3) is 4.27. The number of hydrazone groups is 1. The number of pyridine rings is 1. The van der Waals surface area contributed by atoms with E-state index in [-0.39, 0.29) is 23.2 Å². The number of rotatable bonds is 5. The minimum Gasteiger partial charge on any atom is -0.467 e. The SMILES string of the molecule is CN/N=C(\N)c1cc2c(nc1C)N[C@@]1(CC2)CCN(C(=O)[C@H](C)c2nc(OC)ncc2F)C1. The summed E-state index contributed by atoms with van der Waals surface area (Å²) in [6.45, 7) is 4.65. The quantitative estimate of drug-likeness (QED) is 0.349. The third-order valence-electron chi connectivity index (χ3n) is 6.43. The molecular weight excluding hydrogens is 427 g/mol. The number of carbonyl (C=O) groups is 1. The molecule has 2 aliphatic heterocycles. The maximum absolute atomic E-state index is 14.3. The number of hydrogen-bond donors (Lipinski definition) is 3. The number of amidine groups is 1. The summed E-state index contributed by atoms with van der Waals surface area (Å²) in [5.74, 6) is -0.328. The van der Waals surface area contributed by atoms with Crippen molar-refractivity contribution in [3.8, 4) is 6.01 Å². The predicted molar refractivity (Wildman–Crippen MR) is 122 cm³/mol. The van der Waals surface area contributed by atoms with E-state index in [1.165, 1.54) is 7.11 Å². The number of fused-ring (bicyclic) bond motifs is 1. The van der Waals surface area contributed by atoms with Crippen LogP contribution in [0.3, 0.4) is 0 Å². The highest BCUT2D eigenvalue weighted by Gasteiger charge is 2.43. The lowest BCUT2D eigenvalue weighted by atomic mass is 9.86. The van der Waals surface area contributed by atoms with Gasteiger partial charge in [-0.1, -0.05) is 0 Å². The Morgan fingerprint density at radius 3 is 2.94 bits per heavy atom. The lowest BCUT2D eigenvalue weighted by molar-refractivity contribution is -0.131. The number of halogens is 1. The van der Waals surface area contributed by atoms with Gasteiger partial charge in [-0.05, 0) is 44.7 Å². The van der Waals surface area contributed by atoms with E-state index in [1.54, 1.807) is 18.9 Å². The number of methoxy groups -OCH3 is 1. The Labute approximate surface area is 191 Å². The molecule has 2 aromatic rings. The van der Waals surface area contributed by atoms with Crippen LogP contribution >= 0.6 is 0 Å². The van der Waals surface area contributed by atoms with Crippen molar-refractivity contribution < 1.29 is 13.9 Å². The van der Waals surface area contributed by atoms with Gasteiger partial charge >= 0.3 is 6.01 Å². The van der Waals surface area contributed by atoms with Crippen molar-refractivity contribution in [3.63, 3.8) is 0 Å². The second kappa shape index (κ2) is 8.80. The minimum atomic E-state index is -0.745. The summed E-state index contributed by atoms with van der Waals surface area (Å²) in [4.78, 5) is 27.5. The highest BCUT2D eigenvalue weighted by Crippen LogP contribution is 2.37. The van der Waals surface area contributed by atoms with Crippen molar-refractivity contribution >= 4 is 17.6 Å². The molecule has 11 heteroatoms. The topological polar surface area (TPSA) is 131 Å². The van der Waals surface area contributed by atoms with Crippen molar-refractivity contribution in [1.29, 1.82) is 0 Å². The Balaban J connectivity index is 1.51. The highest BCUT2D eigenvalue weighted by molar-refractivity contribution is 5.98. The number of carbonyl (C=O) groups excluding carboxylic acids is 1. The van der Waals surface area contributed by atoms with Crippen LogP contribution < -0.4 is 21.2 Å². The van der Waals surface area contributed by atoms with Gasteiger partial charge < -0.3 is 26.1 Å². The summed E-state index contributed by atoms with van der Waals surface area (Å²) < 4.78 is 19.3. The molecule has 33 heavy (non-hydrogen) atoms. The van der Waals surface area contributed by atoms with Gasteiger partial charge in [-0.25, -0.2) is 14.4 Å². The predicted octanol–water partition coefficient (Wildman–Crippen LogP) is 1.30. The average Bonchev–Trinajstić information content (AvgIpc) is 3.21. The van der Waals surface area contributed by atoms with Crippen molar-refractivity contribution in [1.82, 2.24) is 25.3 Å². The van der Waals surface area contributed by atoms with E-state index in [9.17, 15) is 9.18 Å². The maximum Gasteiger partial charge on any atom is 0.316 e. The molecule has 0 unspecified atom stereocenters. The molecule has 4 N–H and O–H groups in total. The summed E-state index contributed by atoms with van der Waals surface area (Å²) in [5, 5.41) is 7.64. The standard InChI is InChI=1S/C22H29FN8O2/c1-12(17-16(23)10-26-21(28-17)33-4)20(32)31-8-7-22(11-31)6-5-14-9-15(18(24)30-25-3)13(2)27-19(14)29-22/h9-10,12,25H,5-8,11H2,1-4H3,(H2,24,30)(H,27,29)/t12-,22+/m1/s1. The normalized spacial score (nSPS) is 20.9. The second-order valence-electron chi connectivity index (χ2n) is 8.58. The highest BCUT2D eigenvalue weighted by atomic mass is 19.1. The van der Waals surface area contributed by atoms with Gasteiger partial charge in [0.15, 0.2) is 11.7 Å². The monoisotopic (exact) mass is 456 g/mol. The van der Waals surface area contributed by atoms with E-state index in [0.717, 1.165) is 48.1 Å². The Morgan fingerprint density at radius 2 is 2.21 bits per heavy atom. The van der Waals surface area contributed by atoms with Crippen LogP contribution in [0.1, 0.15) is 48.2 Å². The zero-order chi connectivity index (χ0) is 23.8. The van der Waals surface area contributed by atoms with Crippen LogP contribution in [0.25, 0.3) is 0 Å². The Bertz CT molecular complexity index is 1110. The summed E-state index contributed by atoms with van der Waals surface area (Å²) in [6.07, 6.45) is 3.48. The van der Waals surface area contributed by atoms with Crippen molar-refractivity contribution in [2.24, 2.45) is 10.8 Å². The van der Waals surface area contributed by atoms with E-state index >= 15 is 0 Å². The number of hydrogen-bond acceptors (Lipinski definition) is 8. The number of amides is 1. The van der Waals surface area contributed by atoms with Crippen molar-refractivity contribution in [2.45, 2.75) is 44.6 Å². The van der Waals surface area contributed by atoms with Gasteiger partial charge in [0.25, 0.3) is 0 Å². The van der Waals surface area contributed by atoms with Crippen LogP contribution in [0.5, 0.6) is 6.01 Å². The average molecular weight is 457 g/mol. The van der Waals surface area contributed by atoms with Crippen molar-refractivity contribution in [3.05, 3.63) is 40.6 Å². The number of aromatic nitrogens is 3. The number of ether oxygens (including phenoxy) is 1. The summed E-state index contributed by atoms with van der Waals surface area (Å²) in [7, 11) is 3.10. The van der Waals surface area contributed by atoms with Gasteiger partial charge in [-0.2, -0.15) is 10.1 Å². The lowest BCUT2D eigenvalue weighted by Gasteiger charge is -2.36. The van der Waals surface area contributed by atoms with Crippen LogP contribution in [0, 0.1) is 12.7 Å². The third-order valence-corrected chi connectivity index (χ3v) is 6.43. The molecule has 0 radical (unpaired) electrons. The Hall–Kier alpha value is -3.50. The lowest BCUT2D eigenvalue weighted by Crippen LogP contribution is -2.46. The molecule has 0 aromatic carbocycles. The molecule has 2 aliphatic rings. The minimum absolute atomic E-state index is 0.0377. The molecule has 10 nitrogen and oxygen atoms in total. The van der Waals surface area contributed by atoms with E-state index in [1.807, 2.05) is 13.0 Å². The Morgan fingerprint density at radius 1 is 1.42 bits per heavy atom. The second-order valence-corrected chi connectivity index (χ2v) is 8.58. The fourth-order valence-corrected chi connectivity index (χ4v) is 4.60. The number of nitrogens with two attached hydrogens (primary N) is 1. The Kier molecular flexibility index (Phi) is 6.05. The van der Waals surface area contributed by atoms with Crippen LogP contribution in [0.15, 0.2) is 17.4 Å². The van der Waals surface area contributed by atoms with Crippen LogP contribution in [0.4, 0.5) is 10.2 Å². The zero-order valence-electron chi connectivity index (χ0n) is 19.3. The largest absolute Gasteiger partial charge is 0.467 e. The molecule has 0 bridgehead atoms. The molecule has 1 saturated heterocycles. The molecule has 4 rings (SSSR count). The fraction of sp³-hybridized carbons (Fsp3) is 0.500. The van der Waals surface area contributed by atoms with Crippen LogP contribution in [0.2, 0.25) is 0 Å². The summed E-state index contributed by atoms with van der Waals surface area (Å²) in [6, 6.07) is 2.06. The van der Waals surface area contributed by atoms with Crippen LogP contribution in [-0.2, 0) is 11.2 Å². The molecule has 1 fully saturated rings. The van der Waals surface area contributed by atoms with E-state index in [0.29, 0.717) is 18.9 Å². The first-order valence-corrected chi connectivity index (χ1v) is 10.9. The van der Waals surface area contributed by atoms with Gasteiger partial charge in [-0.3, -0.25) is 4.79 Å². The molecule has 4 heterocycles. The molecule has 0 saturated carbocycles. The van der Waals surface area contributed by atoms with Gasteiger partial charge in [0.1, 0.15) is 5.82 Å². The first kappa shape index (κ1) is 22.7. The number of likely N-dealkylation sites (tertiary alicyclic amines) is 1. The molecular formula is C22H29FN8O2. The maximum atomic E-state index is 14.3. The number of nitrogens with zero attached hydrogens (tertiary/aromatic N) is 5. The van der Waals surface area contributed by atoms with Gasteiger partial charge in [0.05, 0.1) is 36.2 Å². The smallest absolute Gasteiger partial charge is 0.316 e. The van der Waals surface area contributed by atoms with Gasteiger partial charge in [0.2, 0.25) is 5.91 Å². The summed E-state index contributed by atoms with van der Waals surface area (Å²) in [5.41, 5.74) is 11.2. The van der Waals surface area contributed by atoms with E-state index in [4.69, 9.17) is 15.5 Å². The number of anilines is 1. The molecule has 2 aromatic heterocycles. The van der Waals surface area contributed by atoms with Crippen LogP contribution in [-0.4, -0.2) is 64.4 Å². The van der Waals surface area contributed by atoms with Gasteiger partial charge in [0, 0.05) is 25.7 Å². The first-order valence-electron chi connectivity index (χ1n) is 10.9. The van der Waals surface area contributed by atoms with E-state index in [2.05, 4.69) is 25.8 Å². The van der Waals surface area contributed by atoms with Gasteiger partial charge in [-0.15, -0.1) is 0 Å². The van der Waals surface area contributed by atoms with Crippen molar-refractivity contribution in [2.75, 3.05) is 32.6 Å². The molecule has 1 spiro atoms. The number of nitrogens with one attached hydrogen (secondary N) is 2. The molecule has 0 aliphatic carbocycles. The molecule has 176 valence electrons. The number of aryl methyl sites for hydroxylation is 2. The molecule has 2 atom stereocenters. The zero-order valence-corrected chi connectivity index (χ0v) is 19.3. The fourth-order valence-electron chi connectivity index (χ4n) is 4.60. The molecule has 1 amide bonds. The first-order chi connectivity index (χ1) is 15.8.